The first-order valence-corrected chi connectivity index (χ1v) is 6.22. The van der Waals surface area contributed by atoms with Crippen LogP contribution in [0.4, 0.5) is 5.82 Å². The summed E-state index contributed by atoms with van der Waals surface area (Å²) < 4.78 is 0. The van der Waals surface area contributed by atoms with E-state index in [0.29, 0.717) is 17.0 Å². The lowest BCUT2D eigenvalue weighted by molar-refractivity contribution is -0.120. The predicted octanol–water partition coefficient (Wildman–Crippen LogP) is 0.967. The molecule has 2 aromatic heterocycles. The molecule has 2 rings (SSSR count). The van der Waals surface area contributed by atoms with E-state index in [1.54, 1.807) is 11.9 Å². The summed E-state index contributed by atoms with van der Waals surface area (Å²) >= 11 is 5.84. The molecule has 0 unspecified atom stereocenters. The van der Waals surface area contributed by atoms with Crippen molar-refractivity contribution < 1.29 is 4.79 Å². The number of nitrogens with one attached hydrogen (secondary N) is 2. The fraction of sp³-hybridized carbons (Fsp3) is 0.455. The molecule has 0 atom stereocenters. The molecular formula is C11H15ClN6O. The molecule has 102 valence electrons. The molecular weight excluding hydrogens is 268 g/mol. The molecule has 2 heterocycles. The average Bonchev–Trinajstić information content (AvgIpc) is 2.73. The van der Waals surface area contributed by atoms with Crippen LogP contribution in [0, 0.1) is 0 Å². The van der Waals surface area contributed by atoms with Crippen LogP contribution in [0.25, 0.3) is 11.2 Å². The van der Waals surface area contributed by atoms with Crippen LogP contribution in [0.15, 0.2) is 6.33 Å². The van der Waals surface area contributed by atoms with E-state index in [2.05, 4.69) is 25.3 Å². The molecule has 0 saturated heterocycles. The number of hydrogen-bond acceptors (Lipinski definition) is 5. The van der Waals surface area contributed by atoms with E-state index in [9.17, 15) is 4.79 Å². The molecule has 0 fully saturated rings. The Bertz CT molecular complexity index is 596. The SMILES string of the molecule is CC(C)NC(=O)CN(C)c1nc(Cl)nc2nc[nH]c12. The van der Waals surface area contributed by atoms with Gasteiger partial charge in [0.25, 0.3) is 0 Å². The average molecular weight is 283 g/mol. The number of nitrogens with zero attached hydrogens (tertiary/aromatic N) is 4. The van der Waals surface area contributed by atoms with Crippen LogP contribution >= 0.6 is 11.6 Å². The van der Waals surface area contributed by atoms with Crippen molar-refractivity contribution in [2.45, 2.75) is 19.9 Å². The van der Waals surface area contributed by atoms with Gasteiger partial charge in [0.2, 0.25) is 11.2 Å². The molecule has 2 aromatic rings. The third-order valence-electron chi connectivity index (χ3n) is 2.43. The van der Waals surface area contributed by atoms with Crippen molar-refractivity contribution in [2.75, 3.05) is 18.5 Å². The van der Waals surface area contributed by atoms with Crippen molar-refractivity contribution in [2.24, 2.45) is 0 Å². The van der Waals surface area contributed by atoms with Crippen LogP contribution in [0.1, 0.15) is 13.8 Å². The van der Waals surface area contributed by atoms with Gasteiger partial charge in [-0.25, -0.2) is 4.98 Å². The quantitative estimate of drug-likeness (QED) is 0.816. The van der Waals surface area contributed by atoms with Crippen LogP contribution in [-0.2, 0) is 4.79 Å². The van der Waals surface area contributed by atoms with E-state index in [4.69, 9.17) is 11.6 Å². The number of imidazole rings is 1. The van der Waals surface area contributed by atoms with E-state index < -0.39 is 0 Å². The fourth-order valence-electron chi connectivity index (χ4n) is 1.73. The fourth-order valence-corrected chi connectivity index (χ4v) is 1.89. The Morgan fingerprint density at radius 1 is 1.53 bits per heavy atom. The summed E-state index contributed by atoms with van der Waals surface area (Å²) in [5.74, 6) is 0.464. The molecule has 0 aromatic carbocycles. The standard InChI is InChI=1S/C11H15ClN6O/c1-6(2)15-7(19)4-18(3)10-8-9(14-5-13-8)16-11(12)17-10/h5-6H,4H2,1-3H3,(H,15,19)(H,13,14,16,17). The minimum atomic E-state index is -0.0834. The molecule has 19 heavy (non-hydrogen) atoms. The normalized spacial score (nSPS) is 11.0. The number of halogens is 1. The van der Waals surface area contributed by atoms with Crippen molar-refractivity contribution in [3.05, 3.63) is 11.6 Å². The number of aromatic amines is 1. The third-order valence-corrected chi connectivity index (χ3v) is 2.60. The minimum absolute atomic E-state index is 0.0834. The Kier molecular flexibility index (Phi) is 3.84. The molecule has 0 aliphatic heterocycles. The number of H-pyrrole nitrogens is 1. The Hall–Kier alpha value is -1.89. The number of anilines is 1. The summed E-state index contributed by atoms with van der Waals surface area (Å²) in [6.45, 7) is 4.00. The van der Waals surface area contributed by atoms with Gasteiger partial charge in [0, 0.05) is 13.1 Å². The maximum atomic E-state index is 11.7. The van der Waals surface area contributed by atoms with Crippen molar-refractivity contribution in [1.29, 1.82) is 0 Å². The zero-order valence-corrected chi connectivity index (χ0v) is 11.7. The number of carbonyl (C=O) groups excluding carboxylic acids is 1. The Labute approximate surface area is 115 Å². The van der Waals surface area contributed by atoms with Gasteiger partial charge in [-0.1, -0.05) is 0 Å². The zero-order valence-electron chi connectivity index (χ0n) is 10.9. The highest BCUT2D eigenvalue weighted by molar-refractivity contribution is 6.28. The summed E-state index contributed by atoms with van der Waals surface area (Å²) in [5.41, 5.74) is 1.13. The van der Waals surface area contributed by atoms with Gasteiger partial charge in [0.15, 0.2) is 11.5 Å². The van der Waals surface area contributed by atoms with Crippen molar-refractivity contribution >= 4 is 34.5 Å². The van der Waals surface area contributed by atoms with Crippen molar-refractivity contribution in [3.63, 3.8) is 0 Å². The molecule has 1 amide bonds. The Morgan fingerprint density at radius 3 is 2.95 bits per heavy atom. The van der Waals surface area contributed by atoms with E-state index >= 15 is 0 Å². The summed E-state index contributed by atoms with van der Waals surface area (Å²) in [7, 11) is 1.76. The van der Waals surface area contributed by atoms with E-state index in [1.165, 1.54) is 6.33 Å². The molecule has 7 nitrogen and oxygen atoms in total. The molecule has 0 aliphatic carbocycles. The van der Waals surface area contributed by atoms with Gasteiger partial charge in [0.05, 0.1) is 12.9 Å². The van der Waals surface area contributed by atoms with Crippen LogP contribution < -0.4 is 10.2 Å². The number of fused-ring (bicyclic) bond motifs is 1. The maximum Gasteiger partial charge on any atom is 0.239 e. The summed E-state index contributed by atoms with van der Waals surface area (Å²) in [4.78, 5) is 28.5. The molecule has 0 spiro atoms. The topological polar surface area (TPSA) is 86.8 Å². The zero-order chi connectivity index (χ0) is 14.0. The highest BCUT2D eigenvalue weighted by Gasteiger charge is 2.15. The van der Waals surface area contributed by atoms with E-state index in [0.717, 1.165) is 0 Å². The number of rotatable bonds is 4. The lowest BCUT2D eigenvalue weighted by Crippen LogP contribution is -2.39. The third kappa shape index (κ3) is 3.11. The second kappa shape index (κ2) is 5.40. The second-order valence-electron chi connectivity index (χ2n) is 4.50. The number of hydrogen-bond donors (Lipinski definition) is 2. The smallest absolute Gasteiger partial charge is 0.239 e. The molecule has 0 saturated carbocycles. The molecule has 2 N–H and O–H groups in total. The predicted molar refractivity (Wildman–Crippen MR) is 73.2 cm³/mol. The number of likely N-dealkylation sites (N-methyl/N-ethyl adjacent to an activating group) is 1. The number of aromatic nitrogens is 4. The highest BCUT2D eigenvalue weighted by atomic mass is 35.5. The van der Waals surface area contributed by atoms with E-state index in [-0.39, 0.29) is 23.8 Å². The van der Waals surface area contributed by atoms with Crippen molar-refractivity contribution in [3.8, 4) is 0 Å². The van der Waals surface area contributed by atoms with Crippen LogP contribution in [0.5, 0.6) is 0 Å². The maximum absolute atomic E-state index is 11.7. The first-order chi connectivity index (χ1) is 8.97. The van der Waals surface area contributed by atoms with Gasteiger partial charge in [-0.15, -0.1) is 0 Å². The lowest BCUT2D eigenvalue weighted by Gasteiger charge is -2.19. The first kappa shape index (κ1) is 13.5. The monoisotopic (exact) mass is 282 g/mol. The minimum Gasteiger partial charge on any atom is -0.352 e. The largest absolute Gasteiger partial charge is 0.352 e. The van der Waals surface area contributed by atoms with Crippen LogP contribution in [-0.4, -0.2) is 45.5 Å². The Balaban J connectivity index is 2.23. The van der Waals surface area contributed by atoms with Gasteiger partial charge in [-0.05, 0) is 25.4 Å². The number of amides is 1. The van der Waals surface area contributed by atoms with Gasteiger partial charge in [-0.3, -0.25) is 4.79 Å². The number of carbonyl (C=O) groups is 1. The van der Waals surface area contributed by atoms with Gasteiger partial charge >= 0.3 is 0 Å². The second-order valence-corrected chi connectivity index (χ2v) is 4.83. The van der Waals surface area contributed by atoms with Crippen LogP contribution in [0.2, 0.25) is 5.28 Å². The summed E-state index contributed by atoms with van der Waals surface area (Å²) in [6.07, 6.45) is 1.52. The summed E-state index contributed by atoms with van der Waals surface area (Å²) in [5, 5.41) is 2.92. The molecule has 0 bridgehead atoms. The van der Waals surface area contributed by atoms with E-state index in [1.807, 2.05) is 13.8 Å². The molecule has 8 heteroatoms. The first-order valence-electron chi connectivity index (χ1n) is 5.84. The van der Waals surface area contributed by atoms with Crippen molar-refractivity contribution in [1.82, 2.24) is 25.3 Å². The van der Waals surface area contributed by atoms with Gasteiger partial charge < -0.3 is 15.2 Å². The molecule has 0 radical (unpaired) electrons. The van der Waals surface area contributed by atoms with Gasteiger partial charge in [0.1, 0.15) is 5.52 Å². The molecule has 0 aliphatic rings. The highest BCUT2D eigenvalue weighted by Crippen LogP contribution is 2.21. The van der Waals surface area contributed by atoms with Crippen LogP contribution in [0.3, 0.4) is 0 Å². The summed E-state index contributed by atoms with van der Waals surface area (Å²) in [6, 6.07) is 0.0991. The van der Waals surface area contributed by atoms with Gasteiger partial charge in [-0.2, -0.15) is 9.97 Å². The Morgan fingerprint density at radius 2 is 2.26 bits per heavy atom. The lowest BCUT2D eigenvalue weighted by atomic mass is 10.3.